The topological polar surface area (TPSA) is 55.4 Å². The highest BCUT2D eigenvalue weighted by Crippen LogP contribution is 2.28. The van der Waals surface area contributed by atoms with Gasteiger partial charge >= 0.3 is 5.97 Å². The third kappa shape index (κ3) is 5.84. The number of unbranched alkanes of at least 4 members (excludes halogenated alkanes) is 3. The van der Waals surface area contributed by atoms with Crippen LogP contribution < -0.4 is 5.32 Å². The molecule has 4 nitrogen and oxygen atoms in total. The first kappa shape index (κ1) is 18.2. The second-order valence-electron chi connectivity index (χ2n) is 6.18. The first-order valence-corrected chi connectivity index (χ1v) is 8.81. The van der Waals surface area contributed by atoms with Crippen molar-refractivity contribution >= 4 is 17.4 Å². The van der Waals surface area contributed by atoms with E-state index in [9.17, 15) is 9.59 Å². The lowest BCUT2D eigenvalue weighted by atomic mass is 10.0. The molecule has 0 saturated heterocycles. The van der Waals surface area contributed by atoms with Gasteiger partial charge in [0.2, 0.25) is 5.91 Å². The average Bonchev–Trinajstić information content (AvgIpc) is 3.01. The van der Waals surface area contributed by atoms with Crippen LogP contribution in [0.3, 0.4) is 0 Å². The van der Waals surface area contributed by atoms with Crippen molar-refractivity contribution < 1.29 is 14.3 Å². The summed E-state index contributed by atoms with van der Waals surface area (Å²) in [7, 11) is 1.41. The Labute approximate surface area is 144 Å². The molecule has 0 fully saturated rings. The summed E-state index contributed by atoms with van der Waals surface area (Å²) in [5, 5.41) is 3.00. The van der Waals surface area contributed by atoms with E-state index in [0.717, 1.165) is 38.5 Å². The minimum absolute atomic E-state index is 0.120. The van der Waals surface area contributed by atoms with E-state index >= 15 is 0 Å². The van der Waals surface area contributed by atoms with Gasteiger partial charge in [-0.15, -0.1) is 0 Å². The third-order valence-corrected chi connectivity index (χ3v) is 4.41. The predicted octanol–water partition coefficient (Wildman–Crippen LogP) is 3.65. The van der Waals surface area contributed by atoms with Crippen LogP contribution >= 0.6 is 0 Å². The SMILES string of the molecule is COC(=O)CCCCCCC(=O)NCCC1=CCc2ccccc21. The van der Waals surface area contributed by atoms with E-state index in [1.807, 2.05) is 0 Å². The van der Waals surface area contributed by atoms with Gasteiger partial charge < -0.3 is 10.1 Å². The summed E-state index contributed by atoms with van der Waals surface area (Å²) in [5.74, 6) is -0.0367. The van der Waals surface area contributed by atoms with Crippen molar-refractivity contribution in [3.8, 4) is 0 Å². The van der Waals surface area contributed by atoms with Gasteiger partial charge in [0.25, 0.3) is 0 Å². The van der Waals surface area contributed by atoms with Crippen LogP contribution in [0.4, 0.5) is 0 Å². The highest BCUT2D eigenvalue weighted by atomic mass is 16.5. The number of hydrogen-bond donors (Lipinski definition) is 1. The predicted molar refractivity (Wildman–Crippen MR) is 95.5 cm³/mol. The highest BCUT2D eigenvalue weighted by molar-refractivity contribution is 5.77. The third-order valence-electron chi connectivity index (χ3n) is 4.41. The maximum Gasteiger partial charge on any atom is 0.305 e. The molecule has 1 aliphatic carbocycles. The molecule has 1 aliphatic rings. The van der Waals surface area contributed by atoms with Gasteiger partial charge in [-0.25, -0.2) is 0 Å². The number of hydrogen-bond acceptors (Lipinski definition) is 3. The van der Waals surface area contributed by atoms with Gasteiger partial charge in [0, 0.05) is 19.4 Å². The van der Waals surface area contributed by atoms with Gasteiger partial charge in [0.15, 0.2) is 0 Å². The summed E-state index contributed by atoms with van der Waals surface area (Å²) >= 11 is 0. The summed E-state index contributed by atoms with van der Waals surface area (Å²) in [4.78, 5) is 22.8. The van der Waals surface area contributed by atoms with Gasteiger partial charge in [0.05, 0.1) is 7.11 Å². The number of fused-ring (bicyclic) bond motifs is 1. The van der Waals surface area contributed by atoms with Crippen LogP contribution in [0.1, 0.15) is 56.1 Å². The Morgan fingerprint density at radius 2 is 1.83 bits per heavy atom. The maximum absolute atomic E-state index is 11.8. The van der Waals surface area contributed by atoms with E-state index in [1.165, 1.54) is 23.8 Å². The zero-order valence-electron chi connectivity index (χ0n) is 14.5. The normalized spacial score (nSPS) is 12.5. The fourth-order valence-corrected chi connectivity index (χ4v) is 3.03. The number of benzene rings is 1. The summed E-state index contributed by atoms with van der Waals surface area (Å²) < 4.78 is 4.60. The van der Waals surface area contributed by atoms with Crippen LogP contribution in [0.15, 0.2) is 30.3 Å². The van der Waals surface area contributed by atoms with Crippen LogP contribution in [0.25, 0.3) is 5.57 Å². The lowest BCUT2D eigenvalue weighted by Gasteiger charge is -2.08. The molecule has 0 aliphatic heterocycles. The van der Waals surface area contributed by atoms with Crippen LogP contribution in [-0.2, 0) is 20.7 Å². The fourth-order valence-electron chi connectivity index (χ4n) is 3.03. The number of allylic oxidation sites excluding steroid dienone is 1. The Balaban J connectivity index is 1.52. The van der Waals surface area contributed by atoms with Crippen LogP contribution in [-0.4, -0.2) is 25.5 Å². The summed E-state index contributed by atoms with van der Waals surface area (Å²) in [5.41, 5.74) is 4.05. The molecule has 2 rings (SSSR count). The molecule has 1 aromatic rings. The minimum atomic E-state index is -0.157. The number of methoxy groups -OCH3 is 1. The van der Waals surface area contributed by atoms with E-state index in [2.05, 4.69) is 40.4 Å². The van der Waals surface area contributed by atoms with Crippen molar-refractivity contribution in [2.45, 2.75) is 51.4 Å². The van der Waals surface area contributed by atoms with Gasteiger partial charge in [-0.05, 0) is 42.4 Å². The monoisotopic (exact) mass is 329 g/mol. The number of esters is 1. The smallest absolute Gasteiger partial charge is 0.305 e. The second-order valence-corrected chi connectivity index (χ2v) is 6.18. The standard InChI is InChI=1S/C20H27NO3/c1-24-20(23)11-5-3-2-4-10-19(22)21-15-14-17-13-12-16-8-6-7-9-18(16)17/h6-9,13H,2-5,10-12,14-15H2,1H3,(H,21,22). The molecule has 0 bridgehead atoms. The molecule has 1 N–H and O–H groups in total. The highest BCUT2D eigenvalue weighted by Gasteiger charge is 2.12. The molecule has 1 aromatic carbocycles. The van der Waals surface area contributed by atoms with Crippen LogP contribution in [0, 0.1) is 0 Å². The van der Waals surface area contributed by atoms with E-state index in [4.69, 9.17) is 0 Å². The molecule has 1 amide bonds. The Morgan fingerprint density at radius 1 is 1.08 bits per heavy atom. The molecule has 0 aromatic heterocycles. The largest absolute Gasteiger partial charge is 0.469 e. The van der Waals surface area contributed by atoms with Crippen molar-refractivity contribution in [2.24, 2.45) is 0 Å². The Kier molecular flexibility index (Phi) is 7.53. The average molecular weight is 329 g/mol. The fraction of sp³-hybridized carbons (Fsp3) is 0.500. The number of nitrogens with one attached hydrogen (secondary N) is 1. The second kappa shape index (κ2) is 9.91. The molecule has 0 atom stereocenters. The molecule has 130 valence electrons. The summed E-state index contributed by atoms with van der Waals surface area (Å²) in [6.45, 7) is 0.696. The van der Waals surface area contributed by atoms with E-state index in [1.54, 1.807) is 0 Å². The number of ether oxygens (including phenoxy) is 1. The molecule has 24 heavy (non-hydrogen) atoms. The summed E-state index contributed by atoms with van der Waals surface area (Å²) in [6, 6.07) is 8.46. The first-order chi connectivity index (χ1) is 11.7. The quantitative estimate of drug-likeness (QED) is 0.526. The van der Waals surface area contributed by atoms with Crippen molar-refractivity contribution in [3.63, 3.8) is 0 Å². The van der Waals surface area contributed by atoms with Crippen molar-refractivity contribution in [3.05, 3.63) is 41.5 Å². The zero-order valence-corrected chi connectivity index (χ0v) is 14.5. The van der Waals surface area contributed by atoms with Crippen molar-refractivity contribution in [2.75, 3.05) is 13.7 Å². The number of carbonyl (C=O) groups is 2. The molecular formula is C20H27NO3. The molecular weight excluding hydrogens is 302 g/mol. The van der Waals surface area contributed by atoms with E-state index < -0.39 is 0 Å². The lowest BCUT2D eigenvalue weighted by molar-refractivity contribution is -0.140. The van der Waals surface area contributed by atoms with Gasteiger partial charge in [-0.1, -0.05) is 43.2 Å². The Morgan fingerprint density at radius 3 is 2.62 bits per heavy atom. The number of amides is 1. The van der Waals surface area contributed by atoms with Gasteiger partial charge in [0.1, 0.15) is 0 Å². The van der Waals surface area contributed by atoms with Gasteiger partial charge in [-0.3, -0.25) is 9.59 Å². The maximum atomic E-state index is 11.8. The van der Waals surface area contributed by atoms with Gasteiger partial charge in [-0.2, -0.15) is 0 Å². The first-order valence-electron chi connectivity index (χ1n) is 8.81. The molecule has 0 spiro atoms. The Bertz CT molecular complexity index is 592. The van der Waals surface area contributed by atoms with Crippen molar-refractivity contribution in [1.82, 2.24) is 5.32 Å². The summed E-state index contributed by atoms with van der Waals surface area (Å²) in [6.07, 6.45) is 8.84. The van der Waals surface area contributed by atoms with Crippen LogP contribution in [0.2, 0.25) is 0 Å². The van der Waals surface area contributed by atoms with Crippen molar-refractivity contribution in [1.29, 1.82) is 0 Å². The molecule has 0 heterocycles. The number of carbonyl (C=O) groups excluding carboxylic acids is 2. The minimum Gasteiger partial charge on any atom is -0.469 e. The number of rotatable bonds is 10. The van der Waals surface area contributed by atoms with E-state index in [0.29, 0.717) is 19.4 Å². The molecule has 0 unspecified atom stereocenters. The van der Waals surface area contributed by atoms with Crippen LogP contribution in [0.5, 0.6) is 0 Å². The Hall–Kier alpha value is -2.10. The molecule has 4 heteroatoms. The molecule has 0 saturated carbocycles. The molecule has 0 radical (unpaired) electrons. The lowest BCUT2D eigenvalue weighted by Crippen LogP contribution is -2.24. The van der Waals surface area contributed by atoms with E-state index in [-0.39, 0.29) is 11.9 Å². The zero-order chi connectivity index (χ0) is 17.2.